The van der Waals surface area contributed by atoms with Crippen LogP contribution in [0.15, 0.2) is 30.5 Å². The number of nitrogens with one attached hydrogen (secondary N) is 1. The zero-order chi connectivity index (χ0) is 12.4. The summed E-state index contributed by atoms with van der Waals surface area (Å²) < 4.78 is 26.3. The quantitative estimate of drug-likeness (QED) is 0.821. The van der Waals surface area contributed by atoms with Gasteiger partial charge in [-0.3, -0.25) is 0 Å². The summed E-state index contributed by atoms with van der Waals surface area (Å²) in [5.74, 6) is -1.51. The number of benzene rings is 1. The van der Waals surface area contributed by atoms with E-state index in [0.29, 0.717) is 5.69 Å². The second-order valence-electron chi connectivity index (χ2n) is 3.24. The summed E-state index contributed by atoms with van der Waals surface area (Å²) in [7, 11) is 0. The molecule has 0 unspecified atom stereocenters. The number of hydrogen-bond acceptors (Lipinski definition) is 2. The fourth-order valence-corrected chi connectivity index (χ4v) is 1.70. The minimum absolute atomic E-state index is 0.00432. The van der Waals surface area contributed by atoms with E-state index >= 15 is 0 Å². The van der Waals surface area contributed by atoms with Crippen LogP contribution in [-0.2, 0) is 0 Å². The van der Waals surface area contributed by atoms with E-state index < -0.39 is 11.6 Å². The Bertz CT molecular complexity index is 538. The van der Waals surface area contributed by atoms with Gasteiger partial charge in [-0.1, -0.05) is 23.2 Å². The second-order valence-corrected chi connectivity index (χ2v) is 4.03. The first kappa shape index (κ1) is 12.1. The molecule has 0 fully saturated rings. The van der Waals surface area contributed by atoms with Crippen molar-refractivity contribution in [2.24, 2.45) is 0 Å². The van der Waals surface area contributed by atoms with Crippen LogP contribution in [0.25, 0.3) is 0 Å². The highest BCUT2D eigenvalue weighted by Gasteiger charge is 2.10. The molecule has 0 saturated carbocycles. The van der Waals surface area contributed by atoms with Crippen LogP contribution in [0.4, 0.5) is 20.2 Å². The van der Waals surface area contributed by atoms with Gasteiger partial charge in [0.05, 0.1) is 10.7 Å². The van der Waals surface area contributed by atoms with E-state index in [0.717, 1.165) is 12.1 Å². The van der Waals surface area contributed by atoms with Crippen molar-refractivity contribution in [3.63, 3.8) is 0 Å². The van der Waals surface area contributed by atoms with Crippen molar-refractivity contribution in [1.82, 2.24) is 4.98 Å². The molecule has 6 heteroatoms. The van der Waals surface area contributed by atoms with Crippen molar-refractivity contribution in [2.75, 3.05) is 5.32 Å². The molecule has 17 heavy (non-hydrogen) atoms. The van der Waals surface area contributed by atoms with Crippen LogP contribution >= 0.6 is 23.2 Å². The van der Waals surface area contributed by atoms with Gasteiger partial charge in [0.1, 0.15) is 11.0 Å². The molecule has 1 aromatic carbocycles. The molecule has 0 aliphatic rings. The Balaban J connectivity index is 2.36. The number of aromatic nitrogens is 1. The van der Waals surface area contributed by atoms with E-state index in [-0.39, 0.29) is 15.9 Å². The van der Waals surface area contributed by atoms with Gasteiger partial charge in [-0.15, -0.1) is 0 Å². The lowest BCUT2D eigenvalue weighted by Gasteiger charge is -2.09. The molecule has 0 aliphatic heterocycles. The molecule has 0 amide bonds. The van der Waals surface area contributed by atoms with Gasteiger partial charge < -0.3 is 5.32 Å². The van der Waals surface area contributed by atoms with Crippen LogP contribution in [0.5, 0.6) is 0 Å². The summed E-state index contributed by atoms with van der Waals surface area (Å²) in [6, 6.07) is 4.86. The van der Waals surface area contributed by atoms with Crippen LogP contribution in [-0.4, -0.2) is 4.98 Å². The fraction of sp³-hybridized carbons (Fsp3) is 0. The molecule has 88 valence electrons. The van der Waals surface area contributed by atoms with E-state index in [1.165, 1.54) is 12.3 Å². The SMILES string of the molecule is Fc1cc(F)c(Nc2ccnc(Cl)c2)c(Cl)c1. The Labute approximate surface area is 106 Å². The molecule has 2 nitrogen and oxygen atoms in total. The Hall–Kier alpha value is -1.39. The normalized spacial score (nSPS) is 10.4. The first-order chi connectivity index (χ1) is 8.06. The maximum absolute atomic E-state index is 13.5. The smallest absolute Gasteiger partial charge is 0.151 e. The van der Waals surface area contributed by atoms with E-state index in [9.17, 15) is 8.78 Å². The summed E-state index contributed by atoms with van der Waals surface area (Å²) in [6.45, 7) is 0. The summed E-state index contributed by atoms with van der Waals surface area (Å²) in [4.78, 5) is 3.78. The first-order valence-electron chi connectivity index (χ1n) is 4.59. The van der Waals surface area contributed by atoms with E-state index in [1.807, 2.05) is 0 Å². The molecular weight excluding hydrogens is 269 g/mol. The Morgan fingerprint density at radius 1 is 1.12 bits per heavy atom. The van der Waals surface area contributed by atoms with Crippen LogP contribution < -0.4 is 5.32 Å². The zero-order valence-electron chi connectivity index (χ0n) is 8.35. The Morgan fingerprint density at radius 2 is 1.88 bits per heavy atom. The van der Waals surface area contributed by atoms with Gasteiger partial charge in [-0.2, -0.15) is 0 Å². The van der Waals surface area contributed by atoms with Gasteiger partial charge in [-0.05, 0) is 18.2 Å². The molecule has 0 aliphatic carbocycles. The monoisotopic (exact) mass is 274 g/mol. The average Bonchev–Trinajstić information content (AvgIpc) is 2.23. The molecule has 2 aromatic rings. The van der Waals surface area contributed by atoms with E-state index in [4.69, 9.17) is 23.2 Å². The Morgan fingerprint density at radius 3 is 2.53 bits per heavy atom. The van der Waals surface area contributed by atoms with Crippen molar-refractivity contribution < 1.29 is 8.78 Å². The average molecular weight is 275 g/mol. The molecule has 1 aromatic heterocycles. The molecular formula is C11H6Cl2F2N2. The van der Waals surface area contributed by atoms with Gasteiger partial charge in [0.25, 0.3) is 0 Å². The molecule has 0 spiro atoms. The van der Waals surface area contributed by atoms with Crippen molar-refractivity contribution in [3.05, 3.63) is 52.3 Å². The summed E-state index contributed by atoms with van der Waals surface area (Å²) >= 11 is 11.4. The van der Waals surface area contributed by atoms with Crippen LogP contribution in [0, 0.1) is 11.6 Å². The second kappa shape index (κ2) is 4.85. The molecule has 1 heterocycles. The molecule has 0 bridgehead atoms. The third-order valence-electron chi connectivity index (χ3n) is 2.00. The van der Waals surface area contributed by atoms with Gasteiger partial charge in [-0.25, -0.2) is 13.8 Å². The number of pyridine rings is 1. The summed E-state index contributed by atoms with van der Waals surface area (Å²) in [5, 5.41) is 2.92. The molecule has 1 N–H and O–H groups in total. The largest absolute Gasteiger partial charge is 0.352 e. The molecule has 2 rings (SSSR count). The van der Waals surface area contributed by atoms with Gasteiger partial charge in [0, 0.05) is 18.0 Å². The zero-order valence-corrected chi connectivity index (χ0v) is 9.86. The van der Waals surface area contributed by atoms with Gasteiger partial charge in [0.15, 0.2) is 5.82 Å². The van der Waals surface area contributed by atoms with E-state index in [2.05, 4.69) is 10.3 Å². The van der Waals surface area contributed by atoms with Crippen LogP contribution in [0.1, 0.15) is 0 Å². The number of hydrogen-bond donors (Lipinski definition) is 1. The number of rotatable bonds is 2. The lowest BCUT2D eigenvalue weighted by molar-refractivity contribution is 0.586. The highest BCUT2D eigenvalue weighted by Crippen LogP contribution is 2.29. The van der Waals surface area contributed by atoms with Crippen molar-refractivity contribution in [3.8, 4) is 0 Å². The number of anilines is 2. The minimum atomic E-state index is -0.775. The summed E-state index contributed by atoms with van der Waals surface area (Å²) in [5.41, 5.74) is 0.507. The number of nitrogens with zero attached hydrogens (tertiary/aromatic N) is 1. The number of halogens is 4. The maximum atomic E-state index is 13.5. The lowest BCUT2D eigenvalue weighted by Crippen LogP contribution is -1.96. The van der Waals surface area contributed by atoms with E-state index in [1.54, 1.807) is 6.07 Å². The molecule has 0 radical (unpaired) electrons. The van der Waals surface area contributed by atoms with Crippen molar-refractivity contribution in [1.29, 1.82) is 0 Å². The third-order valence-corrected chi connectivity index (χ3v) is 2.51. The predicted octanol–water partition coefficient (Wildman–Crippen LogP) is 4.41. The fourth-order valence-electron chi connectivity index (χ4n) is 1.29. The summed E-state index contributed by atoms with van der Waals surface area (Å²) in [6.07, 6.45) is 1.46. The first-order valence-corrected chi connectivity index (χ1v) is 5.35. The van der Waals surface area contributed by atoms with Crippen LogP contribution in [0.2, 0.25) is 10.2 Å². The van der Waals surface area contributed by atoms with Gasteiger partial charge >= 0.3 is 0 Å². The Kier molecular flexibility index (Phi) is 3.45. The van der Waals surface area contributed by atoms with Gasteiger partial charge in [0.2, 0.25) is 0 Å². The highest BCUT2D eigenvalue weighted by atomic mass is 35.5. The standard InChI is InChI=1S/C11H6Cl2F2N2/c12-8-3-6(14)4-9(15)11(8)17-7-1-2-16-10(13)5-7/h1-5H,(H,16,17). The molecule has 0 atom stereocenters. The predicted molar refractivity (Wildman–Crippen MR) is 63.9 cm³/mol. The lowest BCUT2D eigenvalue weighted by atomic mass is 10.2. The van der Waals surface area contributed by atoms with Crippen LogP contribution in [0.3, 0.4) is 0 Å². The van der Waals surface area contributed by atoms with Crippen molar-refractivity contribution in [2.45, 2.75) is 0 Å². The highest BCUT2D eigenvalue weighted by molar-refractivity contribution is 6.33. The third kappa shape index (κ3) is 2.84. The topological polar surface area (TPSA) is 24.9 Å². The molecule has 0 saturated heterocycles. The maximum Gasteiger partial charge on any atom is 0.151 e. The van der Waals surface area contributed by atoms with Crippen molar-refractivity contribution >= 4 is 34.6 Å². The minimum Gasteiger partial charge on any atom is -0.352 e.